The summed E-state index contributed by atoms with van der Waals surface area (Å²) < 4.78 is 13.0. The van der Waals surface area contributed by atoms with Crippen LogP contribution in [0.3, 0.4) is 0 Å². The fourth-order valence-electron chi connectivity index (χ4n) is 3.45. The summed E-state index contributed by atoms with van der Waals surface area (Å²) in [6, 6.07) is 13.7. The largest absolute Gasteiger partial charge is 0.397 e. The van der Waals surface area contributed by atoms with Crippen LogP contribution < -0.4 is 11.1 Å². The van der Waals surface area contributed by atoms with Crippen LogP contribution in [-0.4, -0.2) is 36.9 Å². The Balaban J connectivity index is 1.38. The molecule has 0 unspecified atom stereocenters. The van der Waals surface area contributed by atoms with Crippen molar-refractivity contribution in [2.24, 2.45) is 5.92 Å². The molecule has 3 N–H and O–H groups in total. The number of hydrogen-bond donors (Lipinski definition) is 2. The van der Waals surface area contributed by atoms with Crippen molar-refractivity contribution in [2.45, 2.75) is 19.3 Å². The number of nitrogens with one attached hydrogen (secondary N) is 1. The first-order chi connectivity index (χ1) is 12.6. The van der Waals surface area contributed by atoms with E-state index in [9.17, 15) is 9.18 Å². The number of likely N-dealkylation sites (tertiary alicyclic amines) is 1. The topological polar surface area (TPSA) is 58.4 Å². The van der Waals surface area contributed by atoms with Gasteiger partial charge in [0.15, 0.2) is 5.78 Å². The van der Waals surface area contributed by atoms with E-state index in [1.165, 1.54) is 12.1 Å². The van der Waals surface area contributed by atoms with Gasteiger partial charge in [-0.3, -0.25) is 4.79 Å². The molecule has 1 saturated heterocycles. The Bertz CT molecular complexity index is 724. The van der Waals surface area contributed by atoms with Gasteiger partial charge in [-0.05, 0) is 75.3 Å². The van der Waals surface area contributed by atoms with Crippen LogP contribution in [0.1, 0.15) is 29.6 Å². The lowest BCUT2D eigenvalue weighted by molar-refractivity contribution is 0.0840. The number of anilines is 2. The SMILES string of the molecule is Nc1ccccc1NCCCN1CCC(C(=O)c2ccc(F)cc2)CC1. The van der Waals surface area contributed by atoms with E-state index >= 15 is 0 Å². The van der Waals surface area contributed by atoms with Crippen LogP contribution >= 0.6 is 0 Å². The maximum atomic E-state index is 13.0. The molecule has 1 heterocycles. The van der Waals surface area contributed by atoms with E-state index in [2.05, 4.69) is 10.2 Å². The molecule has 0 atom stereocenters. The van der Waals surface area contributed by atoms with Crippen molar-refractivity contribution in [1.82, 2.24) is 4.90 Å². The highest BCUT2D eigenvalue weighted by atomic mass is 19.1. The fraction of sp³-hybridized carbons (Fsp3) is 0.381. The minimum absolute atomic E-state index is 0.0546. The van der Waals surface area contributed by atoms with Crippen molar-refractivity contribution in [3.05, 3.63) is 59.9 Å². The van der Waals surface area contributed by atoms with E-state index in [0.717, 1.165) is 56.8 Å². The molecule has 0 radical (unpaired) electrons. The second-order valence-corrected chi connectivity index (χ2v) is 6.85. The van der Waals surface area contributed by atoms with Gasteiger partial charge in [0.25, 0.3) is 0 Å². The van der Waals surface area contributed by atoms with E-state index in [1.54, 1.807) is 12.1 Å². The molecule has 0 amide bonds. The van der Waals surface area contributed by atoms with Gasteiger partial charge >= 0.3 is 0 Å². The second-order valence-electron chi connectivity index (χ2n) is 6.85. The maximum absolute atomic E-state index is 13.0. The van der Waals surface area contributed by atoms with E-state index < -0.39 is 0 Å². The molecular formula is C21H26FN3O. The second kappa shape index (κ2) is 8.81. The van der Waals surface area contributed by atoms with Crippen LogP contribution in [0.2, 0.25) is 0 Å². The standard InChI is InChI=1S/C21H26FN3O/c22-18-8-6-16(7-9-18)21(26)17-10-14-25(15-11-17)13-3-12-24-20-5-2-1-4-19(20)23/h1-2,4-9,17,24H,3,10-15,23H2. The van der Waals surface area contributed by atoms with Gasteiger partial charge in [-0.2, -0.15) is 0 Å². The molecule has 4 nitrogen and oxygen atoms in total. The highest BCUT2D eigenvalue weighted by Crippen LogP contribution is 2.22. The van der Waals surface area contributed by atoms with Gasteiger partial charge in [-0.1, -0.05) is 12.1 Å². The first-order valence-corrected chi connectivity index (χ1v) is 9.24. The molecule has 0 bridgehead atoms. The van der Waals surface area contributed by atoms with Crippen LogP contribution in [0.4, 0.5) is 15.8 Å². The zero-order valence-electron chi connectivity index (χ0n) is 15.0. The van der Waals surface area contributed by atoms with E-state index in [0.29, 0.717) is 5.56 Å². The van der Waals surface area contributed by atoms with Gasteiger partial charge in [0, 0.05) is 18.0 Å². The number of hydrogen-bond acceptors (Lipinski definition) is 4. The lowest BCUT2D eigenvalue weighted by Crippen LogP contribution is -2.37. The summed E-state index contributed by atoms with van der Waals surface area (Å²) >= 11 is 0. The van der Waals surface area contributed by atoms with E-state index in [-0.39, 0.29) is 17.5 Å². The predicted molar refractivity (Wildman–Crippen MR) is 104 cm³/mol. The molecule has 138 valence electrons. The van der Waals surface area contributed by atoms with E-state index in [1.807, 2.05) is 24.3 Å². The van der Waals surface area contributed by atoms with Crippen LogP contribution in [0, 0.1) is 11.7 Å². The van der Waals surface area contributed by atoms with Crippen LogP contribution in [-0.2, 0) is 0 Å². The van der Waals surface area contributed by atoms with Gasteiger partial charge in [-0.15, -0.1) is 0 Å². The monoisotopic (exact) mass is 355 g/mol. The number of carbonyl (C=O) groups is 1. The summed E-state index contributed by atoms with van der Waals surface area (Å²) in [5, 5.41) is 3.37. The maximum Gasteiger partial charge on any atom is 0.166 e. The number of benzene rings is 2. The van der Waals surface area contributed by atoms with Crippen LogP contribution in [0.25, 0.3) is 0 Å². The Morgan fingerprint density at radius 3 is 2.50 bits per heavy atom. The number of rotatable bonds is 7. The zero-order valence-corrected chi connectivity index (χ0v) is 15.0. The number of piperidine rings is 1. The average molecular weight is 355 g/mol. The molecule has 0 saturated carbocycles. The van der Waals surface area contributed by atoms with Crippen molar-refractivity contribution >= 4 is 17.2 Å². The quantitative estimate of drug-likeness (QED) is 0.450. The third kappa shape index (κ3) is 4.82. The van der Waals surface area contributed by atoms with Crippen molar-refractivity contribution in [3.63, 3.8) is 0 Å². The van der Waals surface area contributed by atoms with Crippen molar-refractivity contribution in [2.75, 3.05) is 37.2 Å². The van der Waals surface area contributed by atoms with Crippen LogP contribution in [0.5, 0.6) is 0 Å². The average Bonchev–Trinajstić information content (AvgIpc) is 2.67. The highest BCUT2D eigenvalue weighted by Gasteiger charge is 2.25. The Kier molecular flexibility index (Phi) is 6.23. The molecule has 0 aliphatic carbocycles. The number of Topliss-reactive ketones (excluding diaryl/α,β-unsaturated/α-hetero) is 1. The van der Waals surface area contributed by atoms with Gasteiger partial charge in [-0.25, -0.2) is 4.39 Å². The number of ketones is 1. The van der Waals surface area contributed by atoms with Crippen molar-refractivity contribution in [3.8, 4) is 0 Å². The number of nitrogens with zero attached hydrogens (tertiary/aromatic N) is 1. The summed E-state index contributed by atoms with van der Waals surface area (Å²) in [6.07, 6.45) is 2.77. The minimum atomic E-state index is -0.303. The molecule has 1 fully saturated rings. The number of para-hydroxylation sites is 2. The highest BCUT2D eigenvalue weighted by molar-refractivity contribution is 5.97. The first-order valence-electron chi connectivity index (χ1n) is 9.24. The summed E-state index contributed by atoms with van der Waals surface area (Å²) in [4.78, 5) is 14.9. The molecule has 1 aliphatic heterocycles. The lowest BCUT2D eigenvalue weighted by atomic mass is 9.89. The number of carbonyl (C=O) groups excluding carboxylic acids is 1. The number of nitrogens with two attached hydrogens (primary N) is 1. The van der Waals surface area contributed by atoms with Gasteiger partial charge in [0.1, 0.15) is 5.82 Å². The van der Waals surface area contributed by atoms with Crippen LogP contribution in [0.15, 0.2) is 48.5 Å². The molecule has 2 aromatic rings. The van der Waals surface area contributed by atoms with Gasteiger partial charge in [0.05, 0.1) is 11.4 Å². The smallest absolute Gasteiger partial charge is 0.166 e. The molecule has 1 aliphatic rings. The van der Waals surface area contributed by atoms with Gasteiger partial charge < -0.3 is 16.0 Å². The summed E-state index contributed by atoms with van der Waals surface area (Å²) in [5.74, 6) is -0.105. The zero-order chi connectivity index (χ0) is 18.4. The molecule has 5 heteroatoms. The Labute approximate surface area is 154 Å². The summed E-state index contributed by atoms with van der Waals surface area (Å²) in [6.45, 7) is 3.76. The summed E-state index contributed by atoms with van der Waals surface area (Å²) in [7, 11) is 0. The Hall–Kier alpha value is -2.40. The number of nitrogen functional groups attached to an aromatic ring is 1. The molecule has 0 spiro atoms. The summed E-state index contributed by atoms with van der Waals surface area (Å²) in [5.41, 5.74) is 8.29. The lowest BCUT2D eigenvalue weighted by Gasteiger charge is -2.31. The predicted octanol–water partition coefficient (Wildman–Crippen LogP) is 3.80. The first kappa shape index (κ1) is 18.4. The van der Waals surface area contributed by atoms with Gasteiger partial charge in [0.2, 0.25) is 0 Å². The van der Waals surface area contributed by atoms with Crippen molar-refractivity contribution < 1.29 is 9.18 Å². The third-order valence-corrected chi connectivity index (χ3v) is 5.01. The normalized spacial score (nSPS) is 15.7. The molecule has 2 aromatic carbocycles. The molecule has 26 heavy (non-hydrogen) atoms. The Morgan fingerprint density at radius 1 is 1.12 bits per heavy atom. The molecule has 3 rings (SSSR count). The minimum Gasteiger partial charge on any atom is -0.397 e. The van der Waals surface area contributed by atoms with E-state index in [4.69, 9.17) is 5.73 Å². The van der Waals surface area contributed by atoms with Crippen molar-refractivity contribution in [1.29, 1.82) is 0 Å². The fourth-order valence-corrected chi connectivity index (χ4v) is 3.45. The third-order valence-electron chi connectivity index (χ3n) is 5.01. The molecular weight excluding hydrogens is 329 g/mol. The molecule has 0 aromatic heterocycles. The Morgan fingerprint density at radius 2 is 1.81 bits per heavy atom. The number of halogens is 1.